The molecule has 2 aromatic heterocycles. The molecule has 0 N–H and O–H groups in total. The maximum Gasteiger partial charge on any atom is 0.358 e. The van der Waals surface area contributed by atoms with Gasteiger partial charge in [0.05, 0.1) is 13.3 Å². The lowest BCUT2D eigenvalue weighted by atomic mass is 10.4. The molecule has 0 amide bonds. The lowest BCUT2D eigenvalue weighted by molar-refractivity contribution is 0.0592. The molecule has 0 radical (unpaired) electrons. The Morgan fingerprint density at radius 1 is 1.57 bits per heavy atom. The maximum atomic E-state index is 11.1. The SMILES string of the molecule is COC(=O)c1ccc2nc(Cl)cn2n1. The van der Waals surface area contributed by atoms with E-state index < -0.39 is 5.97 Å². The highest BCUT2D eigenvalue weighted by Crippen LogP contribution is 2.09. The van der Waals surface area contributed by atoms with Crippen molar-refractivity contribution in [1.82, 2.24) is 14.6 Å². The first-order chi connectivity index (χ1) is 6.70. The molecular formula is C8H6ClN3O2. The number of aromatic nitrogens is 3. The third-order valence-corrected chi connectivity index (χ3v) is 1.87. The van der Waals surface area contributed by atoms with Crippen molar-refractivity contribution in [2.45, 2.75) is 0 Å². The standard InChI is InChI=1S/C8H6ClN3O2/c1-14-8(13)5-2-3-7-10-6(9)4-12(7)11-5/h2-4H,1H3. The summed E-state index contributed by atoms with van der Waals surface area (Å²) in [7, 11) is 1.30. The minimum atomic E-state index is -0.489. The van der Waals surface area contributed by atoms with Crippen LogP contribution in [0.4, 0.5) is 0 Å². The summed E-state index contributed by atoms with van der Waals surface area (Å²) in [6.07, 6.45) is 1.52. The second-order valence-electron chi connectivity index (χ2n) is 2.58. The van der Waals surface area contributed by atoms with Crippen LogP contribution in [0.2, 0.25) is 5.15 Å². The smallest absolute Gasteiger partial charge is 0.358 e. The fourth-order valence-electron chi connectivity index (χ4n) is 1.07. The zero-order valence-electron chi connectivity index (χ0n) is 7.27. The van der Waals surface area contributed by atoms with Crippen molar-refractivity contribution in [3.63, 3.8) is 0 Å². The largest absolute Gasteiger partial charge is 0.464 e. The van der Waals surface area contributed by atoms with E-state index in [1.54, 1.807) is 6.07 Å². The number of rotatable bonds is 1. The first-order valence-electron chi connectivity index (χ1n) is 3.81. The monoisotopic (exact) mass is 211 g/mol. The van der Waals surface area contributed by atoms with Crippen molar-refractivity contribution in [2.24, 2.45) is 0 Å². The molecule has 0 atom stereocenters. The number of halogens is 1. The van der Waals surface area contributed by atoms with Gasteiger partial charge in [-0.3, -0.25) is 0 Å². The summed E-state index contributed by atoms with van der Waals surface area (Å²) in [6.45, 7) is 0. The van der Waals surface area contributed by atoms with E-state index in [4.69, 9.17) is 11.6 Å². The van der Waals surface area contributed by atoms with E-state index >= 15 is 0 Å². The molecule has 0 aliphatic heterocycles. The highest BCUT2D eigenvalue weighted by atomic mass is 35.5. The van der Waals surface area contributed by atoms with Crippen molar-refractivity contribution in [3.8, 4) is 0 Å². The fraction of sp³-hybridized carbons (Fsp3) is 0.125. The Balaban J connectivity index is 2.55. The van der Waals surface area contributed by atoms with Gasteiger partial charge in [0.1, 0.15) is 5.15 Å². The summed E-state index contributed by atoms with van der Waals surface area (Å²) in [6, 6.07) is 3.18. The van der Waals surface area contributed by atoms with Gasteiger partial charge in [0, 0.05) is 0 Å². The maximum absolute atomic E-state index is 11.1. The minimum Gasteiger partial charge on any atom is -0.464 e. The second kappa shape index (κ2) is 3.26. The van der Waals surface area contributed by atoms with Crippen LogP contribution in [0.3, 0.4) is 0 Å². The number of carbonyl (C=O) groups excluding carboxylic acids is 1. The van der Waals surface area contributed by atoms with Crippen molar-refractivity contribution in [1.29, 1.82) is 0 Å². The van der Waals surface area contributed by atoms with Gasteiger partial charge in [-0.25, -0.2) is 14.3 Å². The van der Waals surface area contributed by atoms with Gasteiger partial charge in [-0.05, 0) is 12.1 Å². The van der Waals surface area contributed by atoms with Crippen LogP contribution in [0.25, 0.3) is 5.65 Å². The second-order valence-corrected chi connectivity index (χ2v) is 2.96. The number of nitrogens with zero attached hydrogens (tertiary/aromatic N) is 3. The summed E-state index contributed by atoms with van der Waals surface area (Å²) < 4.78 is 5.95. The number of fused-ring (bicyclic) bond motifs is 1. The third-order valence-electron chi connectivity index (χ3n) is 1.69. The fourth-order valence-corrected chi connectivity index (χ4v) is 1.25. The van der Waals surface area contributed by atoms with Crippen LogP contribution in [-0.2, 0) is 4.74 Å². The van der Waals surface area contributed by atoms with Crippen molar-refractivity contribution in [3.05, 3.63) is 29.2 Å². The number of hydrogen-bond donors (Lipinski definition) is 0. The van der Waals surface area contributed by atoms with Crippen LogP contribution >= 0.6 is 11.6 Å². The average molecular weight is 212 g/mol. The summed E-state index contributed by atoms with van der Waals surface area (Å²) in [5.41, 5.74) is 0.803. The van der Waals surface area contributed by atoms with Crippen LogP contribution in [0.5, 0.6) is 0 Å². The van der Waals surface area contributed by atoms with E-state index in [1.165, 1.54) is 23.9 Å². The van der Waals surface area contributed by atoms with Gasteiger partial charge >= 0.3 is 5.97 Å². The van der Waals surface area contributed by atoms with Crippen LogP contribution in [-0.4, -0.2) is 27.7 Å². The molecule has 14 heavy (non-hydrogen) atoms. The molecule has 0 aliphatic carbocycles. The van der Waals surface area contributed by atoms with Gasteiger partial charge in [0.15, 0.2) is 11.3 Å². The van der Waals surface area contributed by atoms with Crippen molar-refractivity contribution < 1.29 is 9.53 Å². The Kier molecular flexibility index (Phi) is 2.09. The summed E-state index contributed by atoms with van der Waals surface area (Å²) in [5, 5.41) is 4.29. The molecule has 0 aliphatic rings. The molecule has 0 saturated heterocycles. The molecule has 0 spiro atoms. The number of carbonyl (C=O) groups is 1. The zero-order valence-corrected chi connectivity index (χ0v) is 8.02. The number of methoxy groups -OCH3 is 1. The van der Waals surface area contributed by atoms with Gasteiger partial charge in [0.2, 0.25) is 0 Å². The minimum absolute atomic E-state index is 0.217. The number of hydrogen-bond acceptors (Lipinski definition) is 4. The Bertz CT molecular complexity index is 494. The van der Waals surface area contributed by atoms with E-state index in [1.807, 2.05) is 0 Å². The van der Waals surface area contributed by atoms with E-state index in [2.05, 4.69) is 14.8 Å². The van der Waals surface area contributed by atoms with Gasteiger partial charge in [0.25, 0.3) is 0 Å². The van der Waals surface area contributed by atoms with Crippen molar-refractivity contribution >= 4 is 23.2 Å². The molecule has 0 bridgehead atoms. The van der Waals surface area contributed by atoms with Gasteiger partial charge < -0.3 is 4.74 Å². The average Bonchev–Trinajstić information content (AvgIpc) is 2.55. The molecule has 72 valence electrons. The van der Waals surface area contributed by atoms with Crippen LogP contribution in [0, 0.1) is 0 Å². The quantitative estimate of drug-likeness (QED) is 0.665. The van der Waals surface area contributed by atoms with Gasteiger partial charge in [-0.2, -0.15) is 5.10 Å². The van der Waals surface area contributed by atoms with Crippen LogP contribution in [0.15, 0.2) is 18.3 Å². The molecule has 2 rings (SSSR count). The molecule has 0 unspecified atom stereocenters. The molecule has 2 heterocycles. The molecular weight excluding hydrogens is 206 g/mol. The van der Waals surface area contributed by atoms with Crippen LogP contribution in [0.1, 0.15) is 10.5 Å². The Hall–Kier alpha value is -1.62. The molecule has 0 aromatic carbocycles. The molecule has 5 nitrogen and oxygen atoms in total. The number of esters is 1. The molecule has 0 fully saturated rings. The summed E-state index contributed by atoms with van der Waals surface area (Å²) in [4.78, 5) is 15.1. The summed E-state index contributed by atoms with van der Waals surface area (Å²) in [5.74, 6) is -0.489. The molecule has 2 aromatic rings. The summed E-state index contributed by atoms with van der Waals surface area (Å²) >= 11 is 5.66. The molecule has 0 saturated carbocycles. The van der Waals surface area contributed by atoms with E-state index in [0.717, 1.165) is 0 Å². The third kappa shape index (κ3) is 1.42. The Morgan fingerprint density at radius 3 is 3.07 bits per heavy atom. The van der Waals surface area contributed by atoms with E-state index in [0.29, 0.717) is 10.8 Å². The van der Waals surface area contributed by atoms with E-state index in [-0.39, 0.29) is 5.69 Å². The predicted octanol–water partition coefficient (Wildman–Crippen LogP) is 1.17. The highest BCUT2D eigenvalue weighted by Gasteiger charge is 2.08. The van der Waals surface area contributed by atoms with E-state index in [9.17, 15) is 4.79 Å². The predicted molar refractivity (Wildman–Crippen MR) is 49.3 cm³/mol. The lowest BCUT2D eigenvalue weighted by Gasteiger charge is -1.97. The van der Waals surface area contributed by atoms with Crippen LogP contribution < -0.4 is 0 Å². The van der Waals surface area contributed by atoms with Gasteiger partial charge in [-0.1, -0.05) is 11.6 Å². The number of imidazole rings is 1. The molecule has 6 heteroatoms. The Morgan fingerprint density at radius 2 is 2.36 bits per heavy atom. The topological polar surface area (TPSA) is 56.5 Å². The van der Waals surface area contributed by atoms with Gasteiger partial charge in [-0.15, -0.1) is 0 Å². The normalized spacial score (nSPS) is 10.4. The highest BCUT2D eigenvalue weighted by molar-refractivity contribution is 6.29. The lowest BCUT2D eigenvalue weighted by Crippen LogP contribution is -2.06. The first kappa shape index (κ1) is 8.96. The number of ether oxygens (including phenoxy) is 1. The zero-order chi connectivity index (χ0) is 10.1. The Labute approximate surface area is 84.3 Å². The van der Waals surface area contributed by atoms with Crippen molar-refractivity contribution in [2.75, 3.05) is 7.11 Å². The first-order valence-corrected chi connectivity index (χ1v) is 4.19.